The minimum atomic E-state index is -3.67. The van der Waals surface area contributed by atoms with Crippen molar-refractivity contribution in [1.82, 2.24) is 24.5 Å². The molecule has 1 saturated heterocycles. The lowest BCUT2D eigenvalue weighted by molar-refractivity contribution is 0.122. The Labute approximate surface area is 169 Å². The molecule has 3 heterocycles. The average molecular weight is 414 g/mol. The van der Waals surface area contributed by atoms with Gasteiger partial charge in [0.1, 0.15) is 0 Å². The minimum Gasteiger partial charge on any atom is -0.378 e. The fraction of sp³-hybridized carbons (Fsp3) is 0.316. The molecule has 29 heavy (non-hydrogen) atoms. The first-order chi connectivity index (χ1) is 14.0. The molecule has 0 radical (unpaired) electrons. The maximum Gasteiger partial charge on any atom is 0.240 e. The zero-order valence-corrected chi connectivity index (χ0v) is 16.8. The molecule has 9 nitrogen and oxygen atoms in total. The summed E-state index contributed by atoms with van der Waals surface area (Å²) in [4.78, 5) is 11.2. The van der Waals surface area contributed by atoms with Crippen LogP contribution in [0.1, 0.15) is 11.4 Å². The summed E-state index contributed by atoms with van der Waals surface area (Å²) in [6, 6.07) is 10.1. The van der Waals surface area contributed by atoms with E-state index < -0.39 is 10.0 Å². The Bertz CT molecular complexity index is 1060. The summed E-state index contributed by atoms with van der Waals surface area (Å²) in [5.41, 5.74) is 2.20. The number of morpholine rings is 1. The van der Waals surface area contributed by atoms with E-state index in [0.717, 1.165) is 24.5 Å². The summed E-state index contributed by atoms with van der Waals surface area (Å²) >= 11 is 0. The van der Waals surface area contributed by atoms with Gasteiger partial charge in [0.25, 0.3) is 0 Å². The van der Waals surface area contributed by atoms with Crippen molar-refractivity contribution in [3.05, 3.63) is 60.2 Å². The molecular weight excluding hydrogens is 392 g/mol. The molecule has 0 unspecified atom stereocenters. The van der Waals surface area contributed by atoms with Crippen molar-refractivity contribution in [3.63, 3.8) is 0 Å². The number of ether oxygens (including phenoxy) is 1. The fourth-order valence-electron chi connectivity index (χ4n) is 3.06. The SMILES string of the molecule is Cc1cc(CNS(=O)(=O)c2ccc(-n3cccn3)cc2)nc(N2CCOCC2)n1. The van der Waals surface area contributed by atoms with Gasteiger partial charge in [0.2, 0.25) is 16.0 Å². The summed E-state index contributed by atoms with van der Waals surface area (Å²) in [6.45, 7) is 4.66. The van der Waals surface area contributed by atoms with E-state index in [1.54, 1.807) is 53.5 Å². The largest absolute Gasteiger partial charge is 0.378 e. The van der Waals surface area contributed by atoms with Crippen molar-refractivity contribution >= 4 is 16.0 Å². The molecule has 0 bridgehead atoms. The Hall–Kier alpha value is -2.82. The van der Waals surface area contributed by atoms with Gasteiger partial charge in [0, 0.05) is 31.2 Å². The highest BCUT2D eigenvalue weighted by atomic mass is 32.2. The second-order valence-corrected chi connectivity index (χ2v) is 8.44. The Kier molecular flexibility index (Phi) is 5.56. The Morgan fingerprint density at radius 3 is 2.59 bits per heavy atom. The van der Waals surface area contributed by atoms with Crippen molar-refractivity contribution in [3.8, 4) is 5.69 Å². The van der Waals surface area contributed by atoms with Gasteiger partial charge in [-0.1, -0.05) is 0 Å². The second kappa shape index (κ2) is 8.27. The van der Waals surface area contributed by atoms with Crippen LogP contribution in [0.25, 0.3) is 5.69 Å². The molecule has 0 amide bonds. The van der Waals surface area contributed by atoms with E-state index in [9.17, 15) is 8.42 Å². The second-order valence-electron chi connectivity index (χ2n) is 6.67. The van der Waals surface area contributed by atoms with Crippen LogP contribution in [0, 0.1) is 6.92 Å². The highest BCUT2D eigenvalue weighted by Crippen LogP contribution is 2.15. The van der Waals surface area contributed by atoms with Crippen LogP contribution in [0.4, 0.5) is 5.95 Å². The molecule has 1 aliphatic heterocycles. The van der Waals surface area contributed by atoms with Crippen LogP contribution in [0.5, 0.6) is 0 Å². The first kappa shape index (κ1) is 19.5. The number of aromatic nitrogens is 4. The summed E-state index contributed by atoms with van der Waals surface area (Å²) in [5.74, 6) is 0.603. The molecule has 1 aliphatic rings. The molecule has 0 atom stereocenters. The summed E-state index contributed by atoms with van der Waals surface area (Å²) in [5, 5.41) is 4.13. The highest BCUT2D eigenvalue weighted by Gasteiger charge is 2.17. The van der Waals surface area contributed by atoms with Crippen LogP contribution in [0.2, 0.25) is 0 Å². The number of rotatable bonds is 6. The molecule has 1 fully saturated rings. The molecule has 3 aromatic rings. The molecule has 1 aromatic carbocycles. The van der Waals surface area contributed by atoms with E-state index in [2.05, 4.69) is 19.8 Å². The third-order valence-electron chi connectivity index (χ3n) is 4.55. The van der Waals surface area contributed by atoms with Gasteiger partial charge >= 0.3 is 0 Å². The molecule has 152 valence electrons. The lowest BCUT2D eigenvalue weighted by Gasteiger charge is -2.27. The van der Waals surface area contributed by atoms with Crippen molar-refractivity contribution in [2.45, 2.75) is 18.4 Å². The number of nitrogens with one attached hydrogen (secondary N) is 1. The highest BCUT2D eigenvalue weighted by molar-refractivity contribution is 7.89. The smallest absolute Gasteiger partial charge is 0.240 e. The first-order valence-corrected chi connectivity index (χ1v) is 10.8. The normalized spacial score (nSPS) is 14.9. The third kappa shape index (κ3) is 4.61. The molecule has 10 heteroatoms. The number of nitrogens with zero attached hydrogens (tertiary/aromatic N) is 5. The number of anilines is 1. The van der Waals surface area contributed by atoms with Crippen LogP contribution >= 0.6 is 0 Å². The van der Waals surface area contributed by atoms with Crippen molar-refractivity contribution in [1.29, 1.82) is 0 Å². The van der Waals surface area contributed by atoms with Crippen molar-refractivity contribution < 1.29 is 13.2 Å². The van der Waals surface area contributed by atoms with Gasteiger partial charge in [0.15, 0.2) is 0 Å². The number of benzene rings is 1. The molecule has 1 N–H and O–H groups in total. The fourth-order valence-corrected chi connectivity index (χ4v) is 4.06. The predicted octanol–water partition coefficient (Wildman–Crippen LogP) is 1.29. The number of aryl methyl sites for hydroxylation is 1. The summed E-state index contributed by atoms with van der Waals surface area (Å²) in [6.07, 6.45) is 3.46. The zero-order valence-electron chi connectivity index (χ0n) is 16.0. The Balaban J connectivity index is 1.47. The Morgan fingerprint density at radius 2 is 1.90 bits per heavy atom. The topological polar surface area (TPSA) is 102 Å². The first-order valence-electron chi connectivity index (χ1n) is 9.28. The van der Waals surface area contributed by atoms with E-state index in [4.69, 9.17) is 4.74 Å². The third-order valence-corrected chi connectivity index (χ3v) is 5.97. The van der Waals surface area contributed by atoms with Gasteiger partial charge in [-0.2, -0.15) is 5.10 Å². The van der Waals surface area contributed by atoms with Crippen molar-refractivity contribution in [2.75, 3.05) is 31.2 Å². The average Bonchev–Trinajstić information content (AvgIpc) is 3.28. The van der Waals surface area contributed by atoms with Crippen LogP contribution in [0.3, 0.4) is 0 Å². The van der Waals surface area contributed by atoms with Crippen LogP contribution in [-0.4, -0.2) is 54.5 Å². The molecule has 4 rings (SSSR count). The van der Waals surface area contributed by atoms with Gasteiger partial charge in [-0.15, -0.1) is 0 Å². The monoisotopic (exact) mass is 414 g/mol. The standard InChI is InChI=1S/C19H22N6O3S/c1-15-13-16(23-19(22-15)24-9-11-28-12-10-24)14-21-29(26,27)18-5-3-17(4-6-18)25-8-2-7-20-25/h2-8,13,21H,9-12,14H2,1H3. The van der Waals surface area contributed by atoms with Crippen LogP contribution in [0.15, 0.2) is 53.7 Å². The number of hydrogen-bond acceptors (Lipinski definition) is 7. The summed E-state index contributed by atoms with van der Waals surface area (Å²) in [7, 11) is -3.67. The van der Waals surface area contributed by atoms with Crippen LogP contribution in [-0.2, 0) is 21.3 Å². The van der Waals surface area contributed by atoms with E-state index in [1.807, 2.05) is 11.8 Å². The maximum absolute atomic E-state index is 12.7. The maximum atomic E-state index is 12.7. The number of sulfonamides is 1. The van der Waals surface area contributed by atoms with Gasteiger partial charge < -0.3 is 9.64 Å². The quantitative estimate of drug-likeness (QED) is 0.648. The lowest BCUT2D eigenvalue weighted by atomic mass is 10.3. The zero-order chi connectivity index (χ0) is 20.3. The predicted molar refractivity (Wildman–Crippen MR) is 107 cm³/mol. The van der Waals surface area contributed by atoms with E-state index in [1.165, 1.54) is 0 Å². The van der Waals surface area contributed by atoms with Crippen LogP contribution < -0.4 is 9.62 Å². The molecule has 0 spiro atoms. The van der Waals surface area contributed by atoms with Gasteiger partial charge in [-0.05, 0) is 43.3 Å². The van der Waals surface area contributed by atoms with Gasteiger partial charge in [-0.25, -0.2) is 27.8 Å². The minimum absolute atomic E-state index is 0.0872. The van der Waals surface area contributed by atoms with Gasteiger partial charge in [-0.3, -0.25) is 0 Å². The number of hydrogen-bond donors (Lipinski definition) is 1. The molecule has 0 saturated carbocycles. The molecule has 2 aromatic heterocycles. The Morgan fingerprint density at radius 1 is 1.14 bits per heavy atom. The van der Waals surface area contributed by atoms with E-state index in [-0.39, 0.29) is 11.4 Å². The molecule has 0 aliphatic carbocycles. The lowest BCUT2D eigenvalue weighted by Crippen LogP contribution is -2.37. The van der Waals surface area contributed by atoms with E-state index >= 15 is 0 Å². The van der Waals surface area contributed by atoms with E-state index in [0.29, 0.717) is 24.9 Å². The van der Waals surface area contributed by atoms with Crippen molar-refractivity contribution in [2.24, 2.45) is 0 Å². The summed E-state index contributed by atoms with van der Waals surface area (Å²) < 4.78 is 35.0. The van der Waals surface area contributed by atoms with Gasteiger partial charge in [0.05, 0.1) is 36.0 Å². The molecular formula is C19H22N6O3S.